The SMILES string of the molecule is Cc1cccc(-c2nc(C(=O)NC3CC3)cn2-c2ccc3ncc(C(N)=O)n3c2)n1. The number of imidazole rings is 2. The van der Waals surface area contributed by atoms with Gasteiger partial charge in [-0.3, -0.25) is 18.6 Å². The van der Waals surface area contributed by atoms with Gasteiger partial charge in [0.2, 0.25) is 0 Å². The van der Waals surface area contributed by atoms with Crippen molar-refractivity contribution in [3.8, 4) is 17.2 Å². The summed E-state index contributed by atoms with van der Waals surface area (Å²) in [6.07, 6.45) is 6.84. The van der Waals surface area contributed by atoms with E-state index < -0.39 is 5.91 Å². The maximum absolute atomic E-state index is 12.6. The molecule has 150 valence electrons. The highest BCUT2D eigenvalue weighted by molar-refractivity contribution is 5.93. The molecule has 9 heteroatoms. The molecule has 0 atom stereocenters. The van der Waals surface area contributed by atoms with E-state index in [2.05, 4.69) is 20.3 Å². The molecule has 1 aliphatic carbocycles. The molecule has 0 aliphatic heterocycles. The number of pyridine rings is 2. The zero-order valence-electron chi connectivity index (χ0n) is 16.2. The van der Waals surface area contributed by atoms with E-state index in [1.807, 2.05) is 31.2 Å². The fourth-order valence-electron chi connectivity index (χ4n) is 3.32. The van der Waals surface area contributed by atoms with Crippen molar-refractivity contribution < 1.29 is 9.59 Å². The average Bonchev–Trinajstić information content (AvgIpc) is 3.27. The number of fused-ring (bicyclic) bond motifs is 1. The van der Waals surface area contributed by atoms with Crippen LogP contribution in [0, 0.1) is 6.92 Å². The summed E-state index contributed by atoms with van der Waals surface area (Å²) in [5.74, 6) is -0.262. The lowest BCUT2D eigenvalue weighted by Crippen LogP contribution is -2.25. The van der Waals surface area contributed by atoms with Crippen LogP contribution in [0.25, 0.3) is 22.9 Å². The molecule has 4 aromatic rings. The highest BCUT2D eigenvalue weighted by Crippen LogP contribution is 2.24. The summed E-state index contributed by atoms with van der Waals surface area (Å²) in [6, 6.07) is 9.48. The van der Waals surface area contributed by atoms with Gasteiger partial charge in [0.05, 0.1) is 11.9 Å². The number of nitrogens with one attached hydrogen (secondary N) is 1. The molecule has 1 fully saturated rings. The van der Waals surface area contributed by atoms with Gasteiger partial charge in [-0.15, -0.1) is 0 Å². The van der Waals surface area contributed by atoms with Gasteiger partial charge < -0.3 is 11.1 Å². The number of carbonyl (C=O) groups excluding carboxylic acids is 2. The number of nitrogens with two attached hydrogens (primary N) is 1. The largest absolute Gasteiger partial charge is 0.364 e. The van der Waals surface area contributed by atoms with Crippen LogP contribution in [-0.4, -0.2) is 41.8 Å². The lowest BCUT2D eigenvalue weighted by molar-refractivity contribution is 0.0945. The quantitative estimate of drug-likeness (QED) is 0.529. The van der Waals surface area contributed by atoms with Crippen LogP contribution < -0.4 is 11.1 Å². The van der Waals surface area contributed by atoms with Gasteiger partial charge in [-0.05, 0) is 44.0 Å². The molecular weight excluding hydrogens is 382 g/mol. The number of nitrogens with zero attached hydrogens (tertiary/aromatic N) is 5. The van der Waals surface area contributed by atoms with Crippen LogP contribution in [0.3, 0.4) is 0 Å². The molecule has 3 N–H and O–H groups in total. The van der Waals surface area contributed by atoms with Crippen LogP contribution in [0.4, 0.5) is 0 Å². The van der Waals surface area contributed by atoms with E-state index in [4.69, 9.17) is 5.73 Å². The van der Waals surface area contributed by atoms with Crippen LogP contribution in [0.2, 0.25) is 0 Å². The Morgan fingerprint density at radius 2 is 1.97 bits per heavy atom. The molecule has 1 saturated carbocycles. The monoisotopic (exact) mass is 401 g/mol. The van der Waals surface area contributed by atoms with Crippen molar-refractivity contribution in [2.45, 2.75) is 25.8 Å². The molecule has 0 radical (unpaired) electrons. The Kier molecular flexibility index (Phi) is 4.09. The topological polar surface area (TPSA) is 120 Å². The third-order valence-electron chi connectivity index (χ3n) is 4.99. The minimum Gasteiger partial charge on any atom is -0.364 e. The highest BCUT2D eigenvalue weighted by Gasteiger charge is 2.26. The highest BCUT2D eigenvalue weighted by atomic mass is 16.2. The summed E-state index contributed by atoms with van der Waals surface area (Å²) in [6.45, 7) is 1.90. The van der Waals surface area contributed by atoms with Gasteiger partial charge in [0.1, 0.15) is 22.7 Å². The smallest absolute Gasteiger partial charge is 0.271 e. The summed E-state index contributed by atoms with van der Waals surface area (Å²) < 4.78 is 3.41. The van der Waals surface area contributed by atoms with Crippen molar-refractivity contribution in [1.82, 2.24) is 29.2 Å². The standard InChI is InChI=1S/C21H19N7O2/c1-12-3-2-4-15(24-12)20-26-16(21(30)25-13-5-6-13)11-27(20)14-7-8-18-23-9-17(19(22)29)28(18)10-14/h2-4,7-11,13H,5-6H2,1H3,(H2,22,29)(H,25,30). The molecule has 1 aliphatic rings. The van der Waals surface area contributed by atoms with E-state index in [1.165, 1.54) is 6.20 Å². The van der Waals surface area contributed by atoms with E-state index >= 15 is 0 Å². The number of aryl methyl sites for hydroxylation is 1. The molecule has 4 aromatic heterocycles. The second kappa shape index (κ2) is 6.80. The summed E-state index contributed by atoms with van der Waals surface area (Å²) in [4.78, 5) is 37.7. The number of carbonyl (C=O) groups is 2. The van der Waals surface area contributed by atoms with Gasteiger partial charge in [-0.25, -0.2) is 15.0 Å². The fourth-order valence-corrected chi connectivity index (χ4v) is 3.32. The first-order valence-corrected chi connectivity index (χ1v) is 9.61. The Morgan fingerprint density at radius 3 is 2.70 bits per heavy atom. The molecule has 2 amide bonds. The van der Waals surface area contributed by atoms with Gasteiger partial charge >= 0.3 is 0 Å². The number of amides is 2. The molecule has 0 bridgehead atoms. The molecular formula is C21H19N7O2. The summed E-state index contributed by atoms with van der Waals surface area (Å²) >= 11 is 0. The van der Waals surface area contributed by atoms with Crippen LogP contribution >= 0.6 is 0 Å². The molecule has 0 spiro atoms. The second-order valence-corrected chi connectivity index (χ2v) is 7.35. The Morgan fingerprint density at radius 1 is 1.13 bits per heavy atom. The first kappa shape index (κ1) is 18.0. The second-order valence-electron chi connectivity index (χ2n) is 7.35. The number of rotatable bonds is 5. The average molecular weight is 401 g/mol. The first-order valence-electron chi connectivity index (χ1n) is 9.61. The van der Waals surface area contributed by atoms with Crippen molar-refractivity contribution in [1.29, 1.82) is 0 Å². The summed E-state index contributed by atoms with van der Waals surface area (Å²) in [5, 5.41) is 2.96. The minimum absolute atomic E-state index is 0.216. The lowest BCUT2D eigenvalue weighted by Gasteiger charge is -2.09. The van der Waals surface area contributed by atoms with Gasteiger partial charge in [-0.2, -0.15) is 0 Å². The minimum atomic E-state index is -0.574. The van der Waals surface area contributed by atoms with Crippen molar-refractivity contribution in [2.24, 2.45) is 5.73 Å². The van der Waals surface area contributed by atoms with Crippen molar-refractivity contribution in [2.75, 3.05) is 0 Å². The third-order valence-corrected chi connectivity index (χ3v) is 4.99. The maximum atomic E-state index is 12.6. The molecule has 0 saturated heterocycles. The van der Waals surface area contributed by atoms with Crippen LogP contribution in [0.15, 0.2) is 48.9 Å². The van der Waals surface area contributed by atoms with E-state index in [0.29, 0.717) is 28.5 Å². The lowest BCUT2D eigenvalue weighted by atomic mass is 10.3. The Balaban J connectivity index is 1.66. The maximum Gasteiger partial charge on any atom is 0.271 e. The van der Waals surface area contributed by atoms with E-state index in [0.717, 1.165) is 18.5 Å². The Labute approximate surface area is 171 Å². The van der Waals surface area contributed by atoms with Crippen molar-refractivity contribution >= 4 is 17.5 Å². The zero-order chi connectivity index (χ0) is 20.8. The van der Waals surface area contributed by atoms with Crippen molar-refractivity contribution in [3.63, 3.8) is 0 Å². The van der Waals surface area contributed by atoms with E-state index in [-0.39, 0.29) is 17.6 Å². The van der Waals surface area contributed by atoms with Gasteiger partial charge in [0.15, 0.2) is 5.82 Å². The Hall–Kier alpha value is -4.01. The number of hydrogen-bond acceptors (Lipinski definition) is 5. The summed E-state index contributed by atoms with van der Waals surface area (Å²) in [7, 11) is 0. The third kappa shape index (κ3) is 3.20. The predicted molar refractivity (Wildman–Crippen MR) is 109 cm³/mol. The number of aromatic nitrogens is 5. The van der Waals surface area contributed by atoms with E-state index in [9.17, 15) is 9.59 Å². The summed E-state index contributed by atoms with van der Waals surface area (Å²) in [5.41, 5.74) is 8.81. The van der Waals surface area contributed by atoms with Crippen molar-refractivity contribution in [3.05, 3.63) is 66.0 Å². The molecule has 30 heavy (non-hydrogen) atoms. The van der Waals surface area contributed by atoms with Gasteiger partial charge in [-0.1, -0.05) is 6.07 Å². The number of hydrogen-bond donors (Lipinski definition) is 2. The predicted octanol–water partition coefficient (Wildman–Crippen LogP) is 1.88. The number of primary amides is 1. The zero-order valence-corrected chi connectivity index (χ0v) is 16.2. The van der Waals surface area contributed by atoms with Crippen LogP contribution in [0.1, 0.15) is 39.5 Å². The molecule has 0 unspecified atom stereocenters. The fraction of sp³-hybridized carbons (Fsp3) is 0.190. The van der Waals surface area contributed by atoms with Crippen LogP contribution in [0.5, 0.6) is 0 Å². The first-order chi connectivity index (χ1) is 14.5. The molecule has 5 rings (SSSR count). The molecule has 9 nitrogen and oxygen atoms in total. The molecule has 4 heterocycles. The van der Waals surface area contributed by atoms with Gasteiger partial charge in [0, 0.05) is 24.1 Å². The normalized spacial score (nSPS) is 13.5. The van der Waals surface area contributed by atoms with Gasteiger partial charge in [0.25, 0.3) is 11.8 Å². The van der Waals surface area contributed by atoms with E-state index in [1.54, 1.807) is 27.4 Å². The molecule has 0 aromatic carbocycles. The Bertz CT molecular complexity index is 1300. The van der Waals surface area contributed by atoms with Crippen LogP contribution in [-0.2, 0) is 0 Å².